The molecule has 0 radical (unpaired) electrons. The van der Waals surface area contributed by atoms with Gasteiger partial charge in [-0.25, -0.2) is 0 Å². The Morgan fingerprint density at radius 3 is 2.62 bits per heavy atom. The maximum absolute atomic E-state index is 11.9. The van der Waals surface area contributed by atoms with Gasteiger partial charge in [0.15, 0.2) is 0 Å². The van der Waals surface area contributed by atoms with E-state index in [-0.39, 0.29) is 5.91 Å². The molecule has 3 nitrogen and oxygen atoms in total. The lowest BCUT2D eigenvalue weighted by Crippen LogP contribution is -2.32. The van der Waals surface area contributed by atoms with E-state index >= 15 is 0 Å². The van der Waals surface area contributed by atoms with Crippen LogP contribution in [0.4, 0.5) is 5.69 Å². The number of nitrogen functional groups attached to an aromatic ring is 1. The molecule has 0 aliphatic heterocycles. The Bertz CT molecular complexity index is 375. The van der Waals surface area contributed by atoms with Crippen LogP contribution in [0.2, 0.25) is 0 Å². The lowest BCUT2D eigenvalue weighted by molar-refractivity contribution is 0.0938. The summed E-state index contributed by atoms with van der Waals surface area (Å²) in [6, 6.07) is 5.83. The molecule has 0 atom stereocenters. The zero-order valence-electron chi connectivity index (χ0n) is 9.62. The van der Waals surface area contributed by atoms with Crippen LogP contribution in [-0.4, -0.2) is 11.9 Å². The number of aryl methyl sites for hydroxylation is 1. The maximum Gasteiger partial charge on any atom is 0.251 e. The van der Waals surface area contributed by atoms with E-state index in [4.69, 9.17) is 5.73 Å². The fourth-order valence-corrected chi connectivity index (χ4v) is 2.28. The number of anilines is 1. The molecule has 0 spiro atoms. The number of carbonyl (C=O) groups excluding carboxylic acids is 1. The highest BCUT2D eigenvalue weighted by Gasteiger charge is 2.18. The number of nitrogens with two attached hydrogens (primary N) is 1. The van der Waals surface area contributed by atoms with Crippen LogP contribution in [0.5, 0.6) is 0 Å². The Morgan fingerprint density at radius 2 is 2.00 bits per heavy atom. The molecule has 1 aromatic carbocycles. The summed E-state index contributed by atoms with van der Waals surface area (Å²) in [4.78, 5) is 11.9. The number of amides is 1. The summed E-state index contributed by atoms with van der Waals surface area (Å²) in [7, 11) is 0. The van der Waals surface area contributed by atoms with Crippen LogP contribution in [0.3, 0.4) is 0 Å². The van der Waals surface area contributed by atoms with E-state index in [0.29, 0.717) is 17.3 Å². The summed E-state index contributed by atoms with van der Waals surface area (Å²) < 4.78 is 0. The monoisotopic (exact) mass is 218 g/mol. The molecule has 1 fully saturated rings. The van der Waals surface area contributed by atoms with Crippen molar-refractivity contribution in [2.45, 2.75) is 38.6 Å². The third kappa shape index (κ3) is 2.54. The van der Waals surface area contributed by atoms with Crippen LogP contribution in [0.25, 0.3) is 0 Å². The predicted molar refractivity (Wildman–Crippen MR) is 65.3 cm³/mol. The molecule has 1 saturated carbocycles. The number of benzene rings is 1. The topological polar surface area (TPSA) is 55.1 Å². The van der Waals surface area contributed by atoms with Crippen molar-refractivity contribution in [2.75, 3.05) is 5.73 Å². The second kappa shape index (κ2) is 4.56. The number of nitrogens with one attached hydrogen (secondary N) is 1. The van der Waals surface area contributed by atoms with Crippen molar-refractivity contribution in [3.8, 4) is 0 Å². The Kier molecular flexibility index (Phi) is 3.13. The van der Waals surface area contributed by atoms with Gasteiger partial charge in [0.05, 0.1) is 0 Å². The average Bonchev–Trinajstić information content (AvgIpc) is 2.68. The van der Waals surface area contributed by atoms with E-state index in [1.54, 1.807) is 6.07 Å². The van der Waals surface area contributed by atoms with E-state index < -0.39 is 0 Å². The maximum atomic E-state index is 11.9. The number of carbonyl (C=O) groups is 1. The van der Waals surface area contributed by atoms with Crippen LogP contribution in [0, 0.1) is 6.92 Å². The minimum atomic E-state index is 0.00213. The molecular weight excluding hydrogens is 200 g/mol. The highest BCUT2D eigenvalue weighted by atomic mass is 16.1. The van der Waals surface area contributed by atoms with Gasteiger partial charge >= 0.3 is 0 Å². The van der Waals surface area contributed by atoms with Gasteiger partial charge in [0.25, 0.3) is 5.91 Å². The van der Waals surface area contributed by atoms with Gasteiger partial charge in [-0.15, -0.1) is 0 Å². The molecule has 0 bridgehead atoms. The van der Waals surface area contributed by atoms with Crippen molar-refractivity contribution in [3.63, 3.8) is 0 Å². The fraction of sp³-hybridized carbons (Fsp3) is 0.462. The lowest BCUT2D eigenvalue weighted by atomic mass is 10.1. The molecule has 1 aliphatic carbocycles. The van der Waals surface area contributed by atoms with Crippen molar-refractivity contribution in [1.82, 2.24) is 5.32 Å². The first-order valence-electron chi connectivity index (χ1n) is 5.83. The first kappa shape index (κ1) is 11.0. The van der Waals surface area contributed by atoms with Crippen molar-refractivity contribution >= 4 is 11.6 Å². The Hall–Kier alpha value is -1.51. The smallest absolute Gasteiger partial charge is 0.251 e. The quantitative estimate of drug-likeness (QED) is 0.748. The largest absolute Gasteiger partial charge is 0.399 e. The minimum Gasteiger partial charge on any atom is -0.399 e. The van der Waals surface area contributed by atoms with Gasteiger partial charge in [-0.3, -0.25) is 4.79 Å². The van der Waals surface area contributed by atoms with Crippen LogP contribution in [-0.2, 0) is 0 Å². The molecular formula is C13H18N2O. The highest BCUT2D eigenvalue weighted by molar-refractivity contribution is 5.95. The zero-order valence-corrected chi connectivity index (χ0v) is 9.62. The summed E-state index contributed by atoms with van der Waals surface area (Å²) in [5.41, 5.74) is 8.07. The van der Waals surface area contributed by atoms with E-state index in [0.717, 1.165) is 18.4 Å². The SMILES string of the molecule is Cc1cc(N)cc(C(=O)NC2CCCC2)c1. The zero-order chi connectivity index (χ0) is 11.5. The van der Waals surface area contributed by atoms with E-state index in [1.165, 1.54) is 12.8 Å². The first-order chi connectivity index (χ1) is 7.65. The number of rotatable bonds is 2. The van der Waals surface area contributed by atoms with Gasteiger partial charge in [0.2, 0.25) is 0 Å². The molecule has 0 unspecified atom stereocenters. The molecule has 86 valence electrons. The van der Waals surface area contributed by atoms with E-state index in [9.17, 15) is 4.79 Å². The van der Waals surface area contributed by atoms with Crippen LogP contribution >= 0.6 is 0 Å². The van der Waals surface area contributed by atoms with Crippen molar-refractivity contribution < 1.29 is 4.79 Å². The van der Waals surface area contributed by atoms with E-state index in [2.05, 4.69) is 5.32 Å². The van der Waals surface area contributed by atoms with Crippen molar-refractivity contribution in [1.29, 1.82) is 0 Å². The number of hydrogen-bond acceptors (Lipinski definition) is 2. The molecule has 0 heterocycles. The first-order valence-corrected chi connectivity index (χ1v) is 5.83. The average molecular weight is 218 g/mol. The summed E-state index contributed by atoms with van der Waals surface area (Å²) in [5.74, 6) is 0.00213. The molecule has 16 heavy (non-hydrogen) atoms. The fourth-order valence-electron chi connectivity index (χ4n) is 2.28. The van der Waals surface area contributed by atoms with Gasteiger partial charge in [-0.1, -0.05) is 12.8 Å². The van der Waals surface area contributed by atoms with Crippen molar-refractivity contribution in [3.05, 3.63) is 29.3 Å². The molecule has 3 N–H and O–H groups in total. The van der Waals surface area contributed by atoms with Crippen LogP contribution in [0.15, 0.2) is 18.2 Å². The predicted octanol–water partition coefficient (Wildman–Crippen LogP) is 2.25. The summed E-state index contributed by atoms with van der Waals surface area (Å²) in [5, 5.41) is 3.06. The standard InChI is InChI=1S/C13H18N2O/c1-9-6-10(8-11(14)7-9)13(16)15-12-4-2-3-5-12/h6-8,12H,2-5,14H2,1H3,(H,15,16). The normalized spacial score (nSPS) is 16.3. The summed E-state index contributed by atoms with van der Waals surface area (Å²) in [6.07, 6.45) is 4.65. The van der Waals surface area contributed by atoms with Crippen LogP contribution in [0.1, 0.15) is 41.6 Å². The second-order valence-electron chi connectivity index (χ2n) is 4.59. The van der Waals surface area contributed by atoms with Crippen LogP contribution < -0.4 is 11.1 Å². The second-order valence-corrected chi connectivity index (χ2v) is 4.59. The molecule has 1 aromatic rings. The Balaban J connectivity index is 2.07. The molecule has 0 saturated heterocycles. The van der Waals surface area contributed by atoms with Gasteiger partial charge in [-0.2, -0.15) is 0 Å². The van der Waals surface area contributed by atoms with Gasteiger partial charge < -0.3 is 11.1 Å². The molecule has 1 aliphatic rings. The minimum absolute atomic E-state index is 0.00213. The molecule has 0 aromatic heterocycles. The molecule has 2 rings (SSSR count). The van der Waals surface area contributed by atoms with Gasteiger partial charge in [0.1, 0.15) is 0 Å². The Labute approximate surface area is 96.0 Å². The molecule has 1 amide bonds. The third-order valence-electron chi connectivity index (χ3n) is 3.05. The Morgan fingerprint density at radius 1 is 1.31 bits per heavy atom. The van der Waals surface area contributed by atoms with Crippen molar-refractivity contribution in [2.24, 2.45) is 0 Å². The van der Waals surface area contributed by atoms with Gasteiger partial charge in [-0.05, 0) is 43.5 Å². The highest BCUT2D eigenvalue weighted by Crippen LogP contribution is 2.18. The van der Waals surface area contributed by atoms with Gasteiger partial charge in [0, 0.05) is 17.3 Å². The third-order valence-corrected chi connectivity index (χ3v) is 3.05. The summed E-state index contributed by atoms with van der Waals surface area (Å²) >= 11 is 0. The summed E-state index contributed by atoms with van der Waals surface area (Å²) in [6.45, 7) is 1.95. The lowest BCUT2D eigenvalue weighted by Gasteiger charge is -2.12. The molecule has 3 heteroatoms. The number of hydrogen-bond donors (Lipinski definition) is 2. The van der Waals surface area contributed by atoms with E-state index in [1.807, 2.05) is 19.1 Å².